The molecule has 0 amide bonds. The van der Waals surface area contributed by atoms with E-state index >= 15 is 0 Å². The lowest BCUT2D eigenvalue weighted by Crippen LogP contribution is -2.21. The average molecular weight is 242 g/mol. The third-order valence-electron chi connectivity index (χ3n) is 1.65. The predicted octanol–water partition coefficient (Wildman–Crippen LogP) is 2.34. The van der Waals surface area contributed by atoms with Crippen molar-refractivity contribution < 1.29 is 23.0 Å². The number of aromatic nitrogens is 1. The van der Waals surface area contributed by atoms with E-state index in [4.69, 9.17) is 16.7 Å². The summed E-state index contributed by atoms with van der Waals surface area (Å²) in [4.78, 5) is 3.51. The highest BCUT2D eigenvalue weighted by Gasteiger charge is 2.41. The van der Waals surface area contributed by atoms with Gasteiger partial charge in [-0.2, -0.15) is 13.2 Å². The van der Waals surface area contributed by atoms with Crippen molar-refractivity contribution in [3.8, 4) is 5.88 Å². The fraction of sp³-hybridized carbons (Fsp3) is 0.375. The van der Waals surface area contributed by atoms with Crippen LogP contribution in [-0.4, -0.2) is 23.4 Å². The number of hydrogen-bond acceptors (Lipinski definition) is 3. The monoisotopic (exact) mass is 241 g/mol. The van der Waals surface area contributed by atoms with E-state index in [9.17, 15) is 13.2 Å². The SMILES string of the molecule is COc1nc(Cl)ccc1[C@@H](O)C(F)(F)F. The van der Waals surface area contributed by atoms with Crippen LogP contribution in [-0.2, 0) is 0 Å². The quantitative estimate of drug-likeness (QED) is 0.808. The Morgan fingerprint density at radius 1 is 1.47 bits per heavy atom. The van der Waals surface area contributed by atoms with Gasteiger partial charge in [0.05, 0.1) is 12.7 Å². The molecule has 0 fully saturated rings. The van der Waals surface area contributed by atoms with E-state index in [-0.39, 0.29) is 11.0 Å². The van der Waals surface area contributed by atoms with Crippen molar-refractivity contribution in [2.75, 3.05) is 7.11 Å². The lowest BCUT2D eigenvalue weighted by atomic mass is 10.1. The van der Waals surface area contributed by atoms with Crippen molar-refractivity contribution in [2.24, 2.45) is 0 Å². The van der Waals surface area contributed by atoms with Crippen molar-refractivity contribution in [1.29, 1.82) is 0 Å². The molecule has 0 radical (unpaired) electrons. The number of ether oxygens (including phenoxy) is 1. The van der Waals surface area contributed by atoms with E-state index in [1.807, 2.05) is 0 Å². The van der Waals surface area contributed by atoms with Gasteiger partial charge in [0.1, 0.15) is 5.15 Å². The van der Waals surface area contributed by atoms with Crippen LogP contribution in [0.2, 0.25) is 5.15 Å². The lowest BCUT2D eigenvalue weighted by molar-refractivity contribution is -0.207. The highest BCUT2D eigenvalue weighted by Crippen LogP contribution is 2.36. The van der Waals surface area contributed by atoms with Crippen molar-refractivity contribution in [3.63, 3.8) is 0 Å². The van der Waals surface area contributed by atoms with Gasteiger partial charge in [0.15, 0.2) is 6.10 Å². The maximum Gasteiger partial charge on any atom is 0.418 e. The van der Waals surface area contributed by atoms with Gasteiger partial charge in [-0.15, -0.1) is 0 Å². The molecule has 0 saturated heterocycles. The van der Waals surface area contributed by atoms with E-state index in [0.717, 1.165) is 19.2 Å². The number of nitrogens with zero attached hydrogens (tertiary/aromatic N) is 1. The molecule has 1 heterocycles. The summed E-state index contributed by atoms with van der Waals surface area (Å²) in [6.07, 6.45) is -7.39. The van der Waals surface area contributed by atoms with E-state index < -0.39 is 17.8 Å². The zero-order valence-electron chi connectivity index (χ0n) is 7.55. The standard InChI is InChI=1S/C8H7ClF3NO2/c1-15-7-4(2-3-5(9)13-7)6(14)8(10,11)12/h2-3,6,14H,1H3/t6-/m1/s1. The molecule has 0 aliphatic rings. The molecule has 7 heteroatoms. The van der Waals surface area contributed by atoms with Crippen molar-refractivity contribution in [2.45, 2.75) is 12.3 Å². The second kappa shape index (κ2) is 4.24. The average Bonchev–Trinajstić information content (AvgIpc) is 2.15. The summed E-state index contributed by atoms with van der Waals surface area (Å²) in [6.45, 7) is 0. The maximum absolute atomic E-state index is 12.2. The van der Waals surface area contributed by atoms with Gasteiger partial charge in [-0.25, -0.2) is 4.98 Å². The second-order valence-electron chi connectivity index (χ2n) is 2.68. The molecule has 0 bridgehead atoms. The summed E-state index contributed by atoms with van der Waals surface area (Å²) in [6, 6.07) is 2.17. The lowest BCUT2D eigenvalue weighted by Gasteiger charge is -2.16. The van der Waals surface area contributed by atoms with Gasteiger partial charge in [-0.1, -0.05) is 11.6 Å². The second-order valence-corrected chi connectivity index (χ2v) is 3.06. The van der Waals surface area contributed by atoms with Gasteiger partial charge >= 0.3 is 6.18 Å². The first-order valence-corrected chi connectivity index (χ1v) is 4.19. The van der Waals surface area contributed by atoms with Gasteiger partial charge in [0, 0.05) is 0 Å². The van der Waals surface area contributed by atoms with Gasteiger partial charge in [0.25, 0.3) is 0 Å². The zero-order chi connectivity index (χ0) is 11.6. The van der Waals surface area contributed by atoms with Gasteiger partial charge < -0.3 is 9.84 Å². The van der Waals surface area contributed by atoms with Crippen molar-refractivity contribution in [1.82, 2.24) is 4.98 Å². The fourth-order valence-electron chi connectivity index (χ4n) is 0.977. The van der Waals surface area contributed by atoms with Gasteiger partial charge in [0.2, 0.25) is 5.88 Å². The topological polar surface area (TPSA) is 42.4 Å². The fourth-order valence-corrected chi connectivity index (χ4v) is 1.12. The molecule has 0 saturated carbocycles. The molecule has 1 rings (SSSR count). The Hall–Kier alpha value is -1.01. The molecular weight excluding hydrogens is 235 g/mol. The Morgan fingerprint density at radius 2 is 2.07 bits per heavy atom. The minimum Gasteiger partial charge on any atom is -0.481 e. The number of aliphatic hydroxyl groups is 1. The number of hydrogen-bond donors (Lipinski definition) is 1. The largest absolute Gasteiger partial charge is 0.481 e. The summed E-state index contributed by atoms with van der Waals surface area (Å²) in [7, 11) is 1.14. The first kappa shape index (κ1) is 12.1. The van der Waals surface area contributed by atoms with E-state index in [1.165, 1.54) is 0 Å². The highest BCUT2D eigenvalue weighted by molar-refractivity contribution is 6.29. The number of halogens is 4. The van der Waals surface area contributed by atoms with Crippen molar-refractivity contribution >= 4 is 11.6 Å². The zero-order valence-corrected chi connectivity index (χ0v) is 8.30. The van der Waals surface area contributed by atoms with Gasteiger partial charge in [-0.3, -0.25) is 0 Å². The van der Waals surface area contributed by atoms with Crippen LogP contribution in [0.3, 0.4) is 0 Å². The molecule has 0 aliphatic heterocycles. The highest BCUT2D eigenvalue weighted by atomic mass is 35.5. The van der Waals surface area contributed by atoms with E-state index in [1.54, 1.807) is 0 Å². The summed E-state index contributed by atoms with van der Waals surface area (Å²) in [5.41, 5.74) is -0.464. The van der Waals surface area contributed by atoms with Crippen LogP contribution in [0.1, 0.15) is 11.7 Å². The molecule has 0 spiro atoms. The summed E-state index contributed by atoms with van der Waals surface area (Å²) in [5.74, 6) is -0.340. The Kier molecular flexibility index (Phi) is 3.41. The first-order valence-electron chi connectivity index (χ1n) is 3.81. The van der Waals surface area contributed by atoms with Crippen LogP contribution in [0.25, 0.3) is 0 Å². The molecule has 0 aliphatic carbocycles. The minimum absolute atomic E-state index is 0.00928. The number of methoxy groups -OCH3 is 1. The Labute approximate surface area is 88.5 Å². The number of aliphatic hydroxyl groups excluding tert-OH is 1. The third kappa shape index (κ3) is 2.73. The number of rotatable bonds is 2. The molecule has 84 valence electrons. The molecule has 1 aromatic rings. The molecule has 0 aromatic carbocycles. The summed E-state index contributed by atoms with van der Waals surface area (Å²) in [5, 5.41) is 8.96. The van der Waals surface area contributed by atoms with Gasteiger partial charge in [-0.05, 0) is 12.1 Å². The predicted molar refractivity (Wildman–Crippen MR) is 46.8 cm³/mol. The normalized spacial score (nSPS) is 13.7. The van der Waals surface area contributed by atoms with E-state index in [2.05, 4.69) is 9.72 Å². The molecule has 1 atom stereocenters. The Morgan fingerprint density at radius 3 is 2.53 bits per heavy atom. The summed E-state index contributed by atoms with van der Waals surface area (Å²) >= 11 is 5.46. The molecule has 15 heavy (non-hydrogen) atoms. The number of pyridine rings is 1. The first-order chi connectivity index (χ1) is 6.86. The molecule has 0 unspecified atom stereocenters. The smallest absolute Gasteiger partial charge is 0.418 e. The molecular formula is C8H7ClF3NO2. The Balaban J connectivity index is 3.14. The van der Waals surface area contributed by atoms with Crippen LogP contribution in [0.5, 0.6) is 5.88 Å². The third-order valence-corrected chi connectivity index (χ3v) is 1.86. The Bertz CT molecular complexity index is 356. The molecule has 1 aromatic heterocycles. The maximum atomic E-state index is 12.2. The van der Waals surface area contributed by atoms with Crippen LogP contribution in [0, 0.1) is 0 Å². The van der Waals surface area contributed by atoms with E-state index in [0.29, 0.717) is 0 Å². The van der Waals surface area contributed by atoms with Crippen LogP contribution >= 0.6 is 11.6 Å². The minimum atomic E-state index is -4.76. The van der Waals surface area contributed by atoms with Crippen LogP contribution in [0.15, 0.2) is 12.1 Å². The van der Waals surface area contributed by atoms with Crippen LogP contribution < -0.4 is 4.74 Å². The van der Waals surface area contributed by atoms with Crippen LogP contribution in [0.4, 0.5) is 13.2 Å². The molecule has 3 nitrogen and oxygen atoms in total. The number of alkyl halides is 3. The summed E-state index contributed by atoms with van der Waals surface area (Å²) < 4.78 is 41.1. The van der Waals surface area contributed by atoms with Crippen molar-refractivity contribution in [3.05, 3.63) is 22.8 Å². The molecule has 1 N–H and O–H groups in total.